The molecule has 0 saturated heterocycles. The average molecular weight is 653 g/mol. The molecule has 4 amide bonds. The molecule has 4 N–H and O–H groups in total. The summed E-state index contributed by atoms with van der Waals surface area (Å²) >= 11 is 0. The molecule has 260 valence electrons. The highest BCUT2D eigenvalue weighted by Gasteiger charge is 2.26. The fourth-order valence-electron chi connectivity index (χ4n) is 4.82. The molecule has 0 bridgehead atoms. The second-order valence-corrected chi connectivity index (χ2v) is 13.8. The topological polar surface area (TPSA) is 135 Å². The maximum absolute atomic E-state index is 12.9. The fourth-order valence-corrected chi connectivity index (χ4v) is 4.82. The van der Waals surface area contributed by atoms with Crippen molar-refractivity contribution >= 4 is 24.0 Å². The van der Waals surface area contributed by atoms with E-state index < -0.39 is 35.5 Å². The van der Waals surface area contributed by atoms with E-state index >= 15 is 0 Å². The lowest BCUT2D eigenvalue weighted by Crippen LogP contribution is -2.49. The van der Waals surface area contributed by atoms with Crippen molar-refractivity contribution in [3.63, 3.8) is 0 Å². The third-order valence-corrected chi connectivity index (χ3v) is 7.03. The van der Waals surface area contributed by atoms with Gasteiger partial charge in [0.2, 0.25) is 11.8 Å². The van der Waals surface area contributed by atoms with Gasteiger partial charge in [-0.1, -0.05) is 92.8 Å². The predicted molar refractivity (Wildman–Crippen MR) is 185 cm³/mol. The SMILES string of the molecule is CC(C)(C)OC(=O)N[C@@H](Cc1ccccc1)C(=O)NCCCCCCCCCNC(=O)[C@H](Cc1ccccc1)NC(=O)OC(C)(C)C. The van der Waals surface area contributed by atoms with Gasteiger partial charge in [0.1, 0.15) is 23.3 Å². The number of carbonyl (C=O) groups excluding carboxylic acids is 4. The molecule has 2 rings (SSSR count). The lowest BCUT2D eigenvalue weighted by Gasteiger charge is -2.23. The molecule has 0 spiro atoms. The van der Waals surface area contributed by atoms with Gasteiger partial charge in [-0.2, -0.15) is 0 Å². The Morgan fingerprint density at radius 1 is 0.532 bits per heavy atom. The van der Waals surface area contributed by atoms with Gasteiger partial charge in [-0.3, -0.25) is 9.59 Å². The summed E-state index contributed by atoms with van der Waals surface area (Å²) in [6.07, 6.45) is 6.34. The van der Waals surface area contributed by atoms with E-state index in [-0.39, 0.29) is 11.8 Å². The molecule has 0 radical (unpaired) electrons. The van der Waals surface area contributed by atoms with Crippen molar-refractivity contribution in [2.45, 2.75) is 123 Å². The largest absolute Gasteiger partial charge is 0.444 e. The van der Waals surface area contributed by atoms with Crippen molar-refractivity contribution in [1.29, 1.82) is 0 Å². The number of unbranched alkanes of at least 4 members (excludes halogenated alkanes) is 6. The average Bonchev–Trinajstić information content (AvgIpc) is 2.98. The van der Waals surface area contributed by atoms with Gasteiger partial charge in [-0.15, -0.1) is 0 Å². The highest BCUT2D eigenvalue weighted by molar-refractivity contribution is 5.86. The molecule has 0 unspecified atom stereocenters. The standard InChI is InChI=1S/C37H56N4O6/c1-36(2,3)46-34(44)40-30(26-28-20-14-12-15-21-28)32(42)38-24-18-10-8-7-9-11-19-25-39-33(43)31(27-29-22-16-13-17-23-29)41-35(45)47-37(4,5)6/h12-17,20-23,30-31H,7-11,18-19,24-27H2,1-6H3,(H,38,42)(H,39,43)(H,40,44)(H,41,45)/t30-,31-/m0/s1. The summed E-state index contributed by atoms with van der Waals surface area (Å²) in [6.45, 7) is 11.8. The van der Waals surface area contributed by atoms with E-state index in [4.69, 9.17) is 9.47 Å². The summed E-state index contributed by atoms with van der Waals surface area (Å²) in [5, 5.41) is 11.4. The Morgan fingerprint density at radius 3 is 1.17 bits per heavy atom. The number of ether oxygens (including phenoxy) is 2. The van der Waals surface area contributed by atoms with Crippen LogP contribution in [0.1, 0.15) is 97.6 Å². The third-order valence-electron chi connectivity index (χ3n) is 7.03. The molecule has 10 nitrogen and oxygen atoms in total. The van der Waals surface area contributed by atoms with Crippen LogP contribution in [0.2, 0.25) is 0 Å². The Hall–Kier alpha value is -4.08. The van der Waals surface area contributed by atoms with Gasteiger partial charge < -0.3 is 30.7 Å². The van der Waals surface area contributed by atoms with Crippen LogP contribution < -0.4 is 21.3 Å². The normalized spacial score (nSPS) is 12.7. The Labute approximate surface area is 281 Å². The molecule has 0 fully saturated rings. The summed E-state index contributed by atoms with van der Waals surface area (Å²) < 4.78 is 10.7. The quantitative estimate of drug-likeness (QED) is 0.141. The number of benzene rings is 2. The molecular formula is C37H56N4O6. The van der Waals surface area contributed by atoms with Crippen LogP contribution in [0.5, 0.6) is 0 Å². The first-order valence-corrected chi connectivity index (χ1v) is 16.8. The van der Waals surface area contributed by atoms with Crippen LogP contribution in [-0.2, 0) is 31.9 Å². The summed E-state index contributed by atoms with van der Waals surface area (Å²) in [7, 11) is 0. The Kier molecular flexibility index (Phi) is 16.8. The maximum atomic E-state index is 12.9. The van der Waals surface area contributed by atoms with E-state index in [2.05, 4.69) is 21.3 Å². The zero-order chi connectivity index (χ0) is 34.7. The minimum absolute atomic E-state index is 0.228. The van der Waals surface area contributed by atoms with Crippen LogP contribution in [-0.4, -0.2) is 60.4 Å². The van der Waals surface area contributed by atoms with Crippen LogP contribution in [0, 0.1) is 0 Å². The van der Waals surface area contributed by atoms with Crippen LogP contribution in [0.25, 0.3) is 0 Å². The number of carbonyl (C=O) groups is 4. The highest BCUT2D eigenvalue weighted by atomic mass is 16.6. The van der Waals surface area contributed by atoms with E-state index in [9.17, 15) is 19.2 Å². The third kappa shape index (κ3) is 18.6. The molecule has 0 aliphatic heterocycles. The zero-order valence-electron chi connectivity index (χ0n) is 29.2. The van der Waals surface area contributed by atoms with E-state index in [1.165, 1.54) is 0 Å². The molecule has 2 aromatic carbocycles. The molecular weight excluding hydrogens is 596 g/mol. The van der Waals surface area contributed by atoms with Crippen molar-refractivity contribution in [3.05, 3.63) is 71.8 Å². The number of amides is 4. The van der Waals surface area contributed by atoms with Crippen LogP contribution in [0.15, 0.2) is 60.7 Å². The molecule has 2 atom stereocenters. The smallest absolute Gasteiger partial charge is 0.408 e. The van der Waals surface area contributed by atoms with Gasteiger partial charge in [-0.25, -0.2) is 9.59 Å². The number of nitrogens with one attached hydrogen (secondary N) is 4. The van der Waals surface area contributed by atoms with Gasteiger partial charge in [0.15, 0.2) is 0 Å². The first kappa shape index (κ1) is 39.1. The van der Waals surface area contributed by atoms with E-state index in [1.54, 1.807) is 41.5 Å². The second kappa shape index (κ2) is 20.2. The molecule has 0 aliphatic carbocycles. The fraction of sp³-hybridized carbons (Fsp3) is 0.568. The zero-order valence-corrected chi connectivity index (χ0v) is 29.2. The number of hydrogen-bond donors (Lipinski definition) is 4. The van der Waals surface area contributed by atoms with Gasteiger partial charge in [0, 0.05) is 25.9 Å². The van der Waals surface area contributed by atoms with Crippen molar-refractivity contribution in [1.82, 2.24) is 21.3 Å². The Balaban J connectivity index is 1.65. The molecule has 10 heteroatoms. The van der Waals surface area contributed by atoms with Gasteiger partial charge in [-0.05, 0) is 65.5 Å². The molecule has 2 aromatic rings. The minimum atomic E-state index is -0.727. The number of hydrogen-bond acceptors (Lipinski definition) is 6. The lowest BCUT2D eigenvalue weighted by atomic mass is 10.0. The summed E-state index contributed by atoms with van der Waals surface area (Å²) in [4.78, 5) is 50.6. The summed E-state index contributed by atoms with van der Waals surface area (Å²) in [5.74, 6) is -0.455. The lowest BCUT2D eigenvalue weighted by molar-refractivity contribution is -0.123. The number of alkyl carbamates (subject to hydrolysis) is 2. The van der Waals surface area contributed by atoms with E-state index in [0.29, 0.717) is 25.9 Å². The van der Waals surface area contributed by atoms with E-state index in [1.807, 2.05) is 60.7 Å². The first-order valence-electron chi connectivity index (χ1n) is 16.8. The number of rotatable bonds is 18. The molecule has 0 aliphatic rings. The van der Waals surface area contributed by atoms with Crippen molar-refractivity contribution in [2.24, 2.45) is 0 Å². The van der Waals surface area contributed by atoms with Crippen molar-refractivity contribution in [3.8, 4) is 0 Å². The van der Waals surface area contributed by atoms with Crippen molar-refractivity contribution < 1.29 is 28.7 Å². The monoisotopic (exact) mass is 652 g/mol. The first-order chi connectivity index (χ1) is 22.2. The highest BCUT2D eigenvalue weighted by Crippen LogP contribution is 2.11. The minimum Gasteiger partial charge on any atom is -0.444 e. The second-order valence-electron chi connectivity index (χ2n) is 13.8. The summed E-state index contributed by atoms with van der Waals surface area (Å²) in [6, 6.07) is 17.7. The van der Waals surface area contributed by atoms with Gasteiger partial charge in [0.05, 0.1) is 0 Å². The predicted octanol–water partition coefficient (Wildman–Crippen LogP) is 6.22. The molecule has 0 heterocycles. The van der Waals surface area contributed by atoms with Gasteiger partial charge in [0.25, 0.3) is 0 Å². The van der Waals surface area contributed by atoms with Crippen LogP contribution in [0.3, 0.4) is 0 Å². The van der Waals surface area contributed by atoms with E-state index in [0.717, 1.165) is 56.1 Å². The Morgan fingerprint density at radius 2 is 0.851 bits per heavy atom. The van der Waals surface area contributed by atoms with Crippen LogP contribution in [0.4, 0.5) is 9.59 Å². The maximum Gasteiger partial charge on any atom is 0.408 e. The molecule has 0 saturated carbocycles. The van der Waals surface area contributed by atoms with Crippen LogP contribution >= 0.6 is 0 Å². The molecule has 47 heavy (non-hydrogen) atoms. The Bertz CT molecular complexity index is 1130. The van der Waals surface area contributed by atoms with Gasteiger partial charge >= 0.3 is 12.2 Å². The summed E-state index contributed by atoms with van der Waals surface area (Å²) in [5.41, 5.74) is 0.594. The molecule has 0 aromatic heterocycles. The van der Waals surface area contributed by atoms with Crippen molar-refractivity contribution in [2.75, 3.05) is 13.1 Å².